The molecule has 1 saturated heterocycles. The van der Waals surface area contributed by atoms with Crippen molar-refractivity contribution in [1.29, 1.82) is 0 Å². The summed E-state index contributed by atoms with van der Waals surface area (Å²) in [5.41, 5.74) is 2.83. The van der Waals surface area contributed by atoms with E-state index >= 15 is 0 Å². The molecule has 23 heavy (non-hydrogen) atoms. The molecule has 1 N–H and O–H groups in total. The fraction of sp³-hybridized carbons (Fsp3) is 0.368. The van der Waals surface area contributed by atoms with Crippen LogP contribution in [0, 0.1) is 0 Å². The van der Waals surface area contributed by atoms with Gasteiger partial charge in [-0.15, -0.1) is 0 Å². The van der Waals surface area contributed by atoms with E-state index in [0.717, 1.165) is 12.2 Å². The van der Waals surface area contributed by atoms with Crippen LogP contribution in [0.4, 0.5) is 0 Å². The number of nitrogens with one attached hydrogen (secondary N) is 1. The minimum atomic E-state index is -0.0554. The summed E-state index contributed by atoms with van der Waals surface area (Å²) in [7, 11) is 0. The summed E-state index contributed by atoms with van der Waals surface area (Å²) >= 11 is 0. The van der Waals surface area contributed by atoms with Crippen molar-refractivity contribution < 1.29 is 4.79 Å². The van der Waals surface area contributed by atoms with Crippen molar-refractivity contribution in [1.82, 2.24) is 15.2 Å². The predicted molar refractivity (Wildman–Crippen MR) is 91.0 cm³/mol. The molecule has 2 aromatic rings. The van der Waals surface area contributed by atoms with E-state index in [1.54, 1.807) is 6.20 Å². The second-order valence-corrected chi connectivity index (χ2v) is 6.04. The van der Waals surface area contributed by atoms with E-state index in [9.17, 15) is 4.79 Å². The fourth-order valence-electron chi connectivity index (χ4n) is 2.91. The molecule has 1 aromatic heterocycles. The molecule has 0 saturated carbocycles. The van der Waals surface area contributed by atoms with Gasteiger partial charge in [-0.1, -0.05) is 24.6 Å². The van der Waals surface area contributed by atoms with E-state index in [1.807, 2.05) is 30.3 Å². The third-order valence-electron chi connectivity index (χ3n) is 4.23. The van der Waals surface area contributed by atoms with Gasteiger partial charge in [0.25, 0.3) is 5.91 Å². The highest BCUT2D eigenvalue weighted by molar-refractivity contribution is 5.94. The van der Waals surface area contributed by atoms with E-state index in [1.165, 1.54) is 37.9 Å². The fourth-order valence-corrected chi connectivity index (χ4v) is 2.91. The van der Waals surface area contributed by atoms with Gasteiger partial charge in [-0.25, -0.2) is 0 Å². The lowest BCUT2D eigenvalue weighted by Crippen LogP contribution is -2.29. The number of carbonyl (C=O) groups is 1. The van der Waals surface area contributed by atoms with E-state index in [2.05, 4.69) is 27.3 Å². The standard InChI is InChI=1S/C19H23N3O/c23-19(21-14-18-6-2-3-11-20-18)17-9-7-16(8-10-17)15-22-12-4-1-5-13-22/h2-3,6-11H,1,4-5,12-15H2,(H,21,23). The minimum Gasteiger partial charge on any atom is -0.346 e. The summed E-state index contributed by atoms with van der Waals surface area (Å²) in [5, 5.41) is 2.90. The summed E-state index contributed by atoms with van der Waals surface area (Å²) in [5.74, 6) is -0.0554. The van der Waals surface area contributed by atoms with Crippen LogP contribution in [0.2, 0.25) is 0 Å². The zero-order valence-electron chi connectivity index (χ0n) is 13.4. The number of hydrogen-bond donors (Lipinski definition) is 1. The Morgan fingerprint density at radius 1 is 1.04 bits per heavy atom. The van der Waals surface area contributed by atoms with Gasteiger partial charge in [-0.3, -0.25) is 14.7 Å². The van der Waals surface area contributed by atoms with E-state index < -0.39 is 0 Å². The van der Waals surface area contributed by atoms with Crippen LogP contribution >= 0.6 is 0 Å². The van der Waals surface area contributed by atoms with E-state index in [0.29, 0.717) is 12.1 Å². The summed E-state index contributed by atoms with van der Waals surface area (Å²) in [4.78, 5) is 18.9. The maximum absolute atomic E-state index is 12.2. The van der Waals surface area contributed by atoms with Crippen LogP contribution in [0.3, 0.4) is 0 Å². The first-order chi connectivity index (χ1) is 11.3. The first-order valence-electron chi connectivity index (χ1n) is 8.31. The third-order valence-corrected chi connectivity index (χ3v) is 4.23. The molecule has 0 spiro atoms. The van der Waals surface area contributed by atoms with Gasteiger partial charge in [0.15, 0.2) is 0 Å². The van der Waals surface area contributed by atoms with Gasteiger partial charge < -0.3 is 5.32 Å². The number of carbonyl (C=O) groups excluding carboxylic acids is 1. The van der Waals surface area contributed by atoms with Crippen LogP contribution in [-0.2, 0) is 13.1 Å². The Hall–Kier alpha value is -2.20. The molecule has 2 heterocycles. The largest absolute Gasteiger partial charge is 0.346 e. The van der Waals surface area contributed by atoms with Gasteiger partial charge in [0.1, 0.15) is 0 Å². The number of piperidine rings is 1. The summed E-state index contributed by atoms with van der Waals surface area (Å²) in [6.45, 7) is 3.81. The van der Waals surface area contributed by atoms with Crippen molar-refractivity contribution in [2.24, 2.45) is 0 Å². The molecule has 0 aliphatic carbocycles. The average molecular weight is 309 g/mol. The van der Waals surface area contributed by atoms with Gasteiger partial charge in [0.2, 0.25) is 0 Å². The first-order valence-corrected chi connectivity index (χ1v) is 8.31. The van der Waals surface area contributed by atoms with Crippen LogP contribution < -0.4 is 5.32 Å². The highest BCUT2D eigenvalue weighted by atomic mass is 16.1. The van der Waals surface area contributed by atoms with Crippen LogP contribution in [-0.4, -0.2) is 28.9 Å². The number of amides is 1. The van der Waals surface area contributed by atoms with Crippen molar-refractivity contribution in [3.63, 3.8) is 0 Å². The predicted octanol–water partition coefficient (Wildman–Crippen LogP) is 3.00. The van der Waals surface area contributed by atoms with Crippen LogP contribution in [0.15, 0.2) is 48.7 Å². The number of likely N-dealkylation sites (tertiary alicyclic amines) is 1. The lowest BCUT2D eigenvalue weighted by Gasteiger charge is -2.26. The third kappa shape index (κ3) is 4.63. The lowest BCUT2D eigenvalue weighted by molar-refractivity contribution is 0.0950. The molecule has 0 unspecified atom stereocenters. The van der Waals surface area contributed by atoms with Gasteiger partial charge >= 0.3 is 0 Å². The Bertz CT molecular complexity index is 619. The molecule has 3 rings (SSSR count). The Morgan fingerprint density at radius 2 is 1.83 bits per heavy atom. The maximum atomic E-state index is 12.2. The Morgan fingerprint density at radius 3 is 2.52 bits per heavy atom. The highest BCUT2D eigenvalue weighted by Crippen LogP contribution is 2.13. The molecule has 1 fully saturated rings. The molecule has 120 valence electrons. The number of nitrogens with zero attached hydrogens (tertiary/aromatic N) is 2. The molecule has 0 radical (unpaired) electrons. The monoisotopic (exact) mass is 309 g/mol. The normalized spacial score (nSPS) is 15.3. The summed E-state index contributed by atoms with van der Waals surface area (Å²) in [6, 6.07) is 13.6. The quantitative estimate of drug-likeness (QED) is 0.923. The molecule has 0 atom stereocenters. The second-order valence-electron chi connectivity index (χ2n) is 6.04. The maximum Gasteiger partial charge on any atom is 0.251 e. The summed E-state index contributed by atoms with van der Waals surface area (Å²) < 4.78 is 0. The zero-order valence-corrected chi connectivity index (χ0v) is 13.4. The first kappa shape index (κ1) is 15.7. The van der Waals surface area contributed by atoms with Crippen molar-refractivity contribution >= 4 is 5.91 Å². The SMILES string of the molecule is O=C(NCc1ccccn1)c1ccc(CN2CCCCC2)cc1. The van der Waals surface area contributed by atoms with E-state index in [4.69, 9.17) is 0 Å². The van der Waals surface area contributed by atoms with E-state index in [-0.39, 0.29) is 5.91 Å². The van der Waals surface area contributed by atoms with Gasteiger partial charge in [0.05, 0.1) is 12.2 Å². The number of pyridine rings is 1. The molecule has 4 nitrogen and oxygen atoms in total. The Balaban J connectivity index is 1.52. The molecule has 1 amide bonds. The number of hydrogen-bond acceptors (Lipinski definition) is 3. The minimum absolute atomic E-state index is 0.0554. The van der Waals surface area contributed by atoms with Crippen molar-refractivity contribution in [3.05, 3.63) is 65.5 Å². The zero-order chi connectivity index (χ0) is 15.9. The Labute approximate surface area is 137 Å². The topological polar surface area (TPSA) is 45.2 Å². The second kappa shape index (κ2) is 7.88. The Kier molecular flexibility index (Phi) is 5.37. The molecular formula is C19H23N3O. The van der Waals surface area contributed by atoms with Crippen LogP contribution in [0.5, 0.6) is 0 Å². The highest BCUT2D eigenvalue weighted by Gasteiger charge is 2.11. The molecule has 1 aliphatic heterocycles. The van der Waals surface area contributed by atoms with Gasteiger partial charge in [0, 0.05) is 18.3 Å². The number of aromatic nitrogens is 1. The van der Waals surface area contributed by atoms with Gasteiger partial charge in [-0.05, 0) is 55.8 Å². The van der Waals surface area contributed by atoms with Crippen molar-refractivity contribution in [3.8, 4) is 0 Å². The molecule has 1 aromatic carbocycles. The molecule has 1 aliphatic rings. The van der Waals surface area contributed by atoms with Crippen LogP contribution in [0.1, 0.15) is 40.9 Å². The molecule has 0 bridgehead atoms. The number of benzene rings is 1. The van der Waals surface area contributed by atoms with Crippen LogP contribution in [0.25, 0.3) is 0 Å². The lowest BCUT2D eigenvalue weighted by atomic mass is 10.1. The summed E-state index contributed by atoms with van der Waals surface area (Å²) in [6.07, 6.45) is 5.69. The molecular weight excluding hydrogens is 286 g/mol. The van der Waals surface area contributed by atoms with Gasteiger partial charge in [-0.2, -0.15) is 0 Å². The van der Waals surface area contributed by atoms with Crippen molar-refractivity contribution in [2.45, 2.75) is 32.4 Å². The average Bonchev–Trinajstić information content (AvgIpc) is 2.62. The smallest absolute Gasteiger partial charge is 0.251 e. The van der Waals surface area contributed by atoms with Crippen molar-refractivity contribution in [2.75, 3.05) is 13.1 Å². The number of rotatable bonds is 5. The molecule has 4 heteroatoms.